The molecule has 9 rings (SSSR count). The van der Waals surface area contributed by atoms with E-state index in [1.165, 1.54) is 10.9 Å². The molecule has 602 valence electrons. The Morgan fingerprint density at radius 1 is 0.387 bits per heavy atom. The van der Waals surface area contributed by atoms with Crippen LogP contribution in [0.15, 0.2) is 109 Å². The molecule has 0 saturated carbocycles. The summed E-state index contributed by atoms with van der Waals surface area (Å²) >= 11 is 0. The van der Waals surface area contributed by atoms with Gasteiger partial charge in [0.25, 0.3) is 17.7 Å². The van der Waals surface area contributed by atoms with Crippen molar-refractivity contribution >= 4 is 85.5 Å². The molecule has 4 aromatic heterocycles. The zero-order chi connectivity index (χ0) is 80.0. The first-order valence-electron chi connectivity index (χ1n) is 36.6. The van der Waals surface area contributed by atoms with Gasteiger partial charge in [0.05, 0.1) is 185 Å². The third kappa shape index (κ3) is 31.1. The Bertz CT molecular complexity index is 4330. The van der Waals surface area contributed by atoms with Gasteiger partial charge in [-0.3, -0.25) is 34.1 Å². The van der Waals surface area contributed by atoms with Crippen molar-refractivity contribution in [2.75, 3.05) is 182 Å². The highest BCUT2D eigenvalue weighted by atomic mass is 16.6. The standard InChI is InChI=1S/C28H37N3O7.C27H35N3O7.C24H34N6O6/c1-28(2,3)25(32)20-5-10-23-24(19-20)31-26(30-23)27(33)29-21-6-8-22(9-7-21)38-18-17-37-16-15-36-14-13-35-12-11-34-4;1-27(2,3)24(32)19-4-9-22-23(18-19)30-25(29-22)26(33)28-20-5-7-21(8-6-20)37-17-16-36-15-14-35-13-12-34-11-10-31;1-24(2,3)21(31)17-5-6-18-19(15-17)26-23(25-18)27-22(32)20-16-30(29-28-20)7-8-34-11-12-36-14-13-35-10-9-33-4/h5-10,19H,11-18H2,1-4H3,(H,29,33)(H,30,31);4-9,18,31H,10-17H2,1-3H3,(H,28,33)(H,29,30);5-6,15-16H,7-14H2,1-4H3,(H2,25,26,27,32). The van der Waals surface area contributed by atoms with Gasteiger partial charge in [-0.25, -0.2) is 19.6 Å². The first kappa shape index (κ1) is 88.4. The Morgan fingerprint density at radius 3 is 1.08 bits per heavy atom. The number of hydrogen-bond donors (Lipinski definition) is 7. The fraction of sp³-hybridized carbons (Fsp3) is 0.481. The van der Waals surface area contributed by atoms with E-state index in [4.69, 9.17) is 66.7 Å². The van der Waals surface area contributed by atoms with Crippen molar-refractivity contribution in [3.63, 3.8) is 0 Å². The molecule has 0 aliphatic carbocycles. The van der Waals surface area contributed by atoms with Crippen LogP contribution in [0.4, 0.5) is 17.3 Å². The molecule has 0 radical (unpaired) electrons. The van der Waals surface area contributed by atoms with Gasteiger partial charge in [-0.05, 0) is 103 Å². The number of Topliss-reactive ketones (excluding diaryl/α,β-unsaturated/α-hetero) is 3. The van der Waals surface area contributed by atoms with Gasteiger partial charge in [-0.2, -0.15) is 0 Å². The lowest BCUT2D eigenvalue weighted by atomic mass is 9.86. The number of carbonyl (C=O) groups excluding carboxylic acids is 6. The minimum atomic E-state index is -0.497. The molecule has 0 fully saturated rings. The fourth-order valence-electron chi connectivity index (χ4n) is 9.93. The number of rotatable bonds is 46. The van der Waals surface area contributed by atoms with E-state index >= 15 is 0 Å². The van der Waals surface area contributed by atoms with Crippen LogP contribution in [0.5, 0.6) is 11.5 Å². The van der Waals surface area contributed by atoms with E-state index in [1.807, 2.05) is 62.3 Å². The minimum Gasteiger partial charge on any atom is -0.491 e. The number of nitrogens with zero attached hydrogens (tertiary/aromatic N) is 6. The second kappa shape index (κ2) is 46.1. The van der Waals surface area contributed by atoms with E-state index in [9.17, 15) is 28.8 Å². The molecule has 0 aliphatic heterocycles. The van der Waals surface area contributed by atoms with Crippen molar-refractivity contribution in [1.82, 2.24) is 44.9 Å². The van der Waals surface area contributed by atoms with E-state index in [-0.39, 0.29) is 59.1 Å². The van der Waals surface area contributed by atoms with Crippen molar-refractivity contribution in [2.45, 2.75) is 68.9 Å². The predicted molar refractivity (Wildman–Crippen MR) is 416 cm³/mol. The van der Waals surface area contributed by atoms with E-state index < -0.39 is 22.2 Å². The van der Waals surface area contributed by atoms with Crippen LogP contribution in [-0.2, 0) is 58.7 Å². The van der Waals surface area contributed by atoms with Gasteiger partial charge >= 0.3 is 0 Å². The summed E-state index contributed by atoms with van der Waals surface area (Å²) in [5, 5.41) is 24.8. The summed E-state index contributed by atoms with van der Waals surface area (Å²) in [7, 11) is 3.26. The van der Waals surface area contributed by atoms with Crippen LogP contribution >= 0.6 is 0 Å². The zero-order valence-corrected chi connectivity index (χ0v) is 65.3. The summed E-state index contributed by atoms with van der Waals surface area (Å²) in [5.41, 5.74) is 5.39. The Balaban J connectivity index is 0.000000231. The number of aromatic nitrogens is 9. The number of imidazole rings is 3. The number of benzene rings is 5. The van der Waals surface area contributed by atoms with Gasteiger partial charge in [-0.15, -0.1) is 5.10 Å². The normalized spacial score (nSPS) is 11.6. The molecule has 0 aliphatic rings. The highest BCUT2D eigenvalue weighted by Gasteiger charge is 2.27. The molecule has 0 saturated heterocycles. The van der Waals surface area contributed by atoms with Crippen LogP contribution in [0.1, 0.15) is 125 Å². The lowest BCUT2D eigenvalue weighted by Gasteiger charge is -2.16. The third-order valence-corrected chi connectivity index (χ3v) is 15.7. The smallest absolute Gasteiger partial charge is 0.291 e. The number of fused-ring (bicyclic) bond motifs is 3. The molecule has 32 nitrogen and oxygen atoms in total. The van der Waals surface area contributed by atoms with E-state index in [0.717, 1.165) is 0 Å². The second-order valence-electron chi connectivity index (χ2n) is 27.9. The summed E-state index contributed by atoms with van der Waals surface area (Å²) in [5.74, 6) is 0.768. The van der Waals surface area contributed by atoms with Gasteiger partial charge in [0.15, 0.2) is 34.7 Å². The summed E-state index contributed by atoms with van der Waals surface area (Å²) in [6.45, 7) is 27.6. The maximum atomic E-state index is 12.7. The zero-order valence-electron chi connectivity index (χ0n) is 65.3. The number of methoxy groups -OCH3 is 2. The van der Waals surface area contributed by atoms with Crippen molar-refractivity contribution < 1.29 is 95.5 Å². The molecule has 0 spiro atoms. The van der Waals surface area contributed by atoms with Gasteiger partial charge in [0.1, 0.15) is 24.7 Å². The van der Waals surface area contributed by atoms with Crippen molar-refractivity contribution in [2.24, 2.45) is 16.2 Å². The number of amides is 3. The average molecular weight is 1540 g/mol. The molecule has 0 unspecified atom stereocenters. The van der Waals surface area contributed by atoms with Crippen LogP contribution < -0.4 is 25.4 Å². The molecule has 5 aromatic carbocycles. The lowest BCUT2D eigenvalue weighted by molar-refractivity contribution is 0.000164. The van der Waals surface area contributed by atoms with E-state index in [2.05, 4.69) is 56.2 Å². The van der Waals surface area contributed by atoms with Crippen LogP contribution in [-0.4, -0.2) is 251 Å². The lowest BCUT2D eigenvalue weighted by Crippen LogP contribution is -2.20. The maximum Gasteiger partial charge on any atom is 0.291 e. The second-order valence-corrected chi connectivity index (χ2v) is 27.9. The van der Waals surface area contributed by atoms with Crippen molar-refractivity contribution in [3.05, 3.63) is 143 Å². The largest absolute Gasteiger partial charge is 0.491 e. The number of carbonyl (C=O) groups is 6. The molecular weight excluding hydrogens is 1440 g/mol. The number of hydrogen-bond acceptors (Lipinski definition) is 25. The van der Waals surface area contributed by atoms with Gasteiger partial charge in [-0.1, -0.05) is 67.5 Å². The summed E-state index contributed by atoms with van der Waals surface area (Å²) in [6, 6.07) is 29.7. The van der Waals surface area contributed by atoms with Crippen LogP contribution in [0.25, 0.3) is 33.1 Å². The quantitative estimate of drug-likeness (QED) is 0.0138. The van der Waals surface area contributed by atoms with Crippen molar-refractivity contribution in [1.29, 1.82) is 0 Å². The number of anilines is 3. The number of nitrogens with one attached hydrogen (secondary N) is 6. The van der Waals surface area contributed by atoms with E-state index in [1.54, 1.807) is 117 Å². The number of ketones is 3. The van der Waals surface area contributed by atoms with Crippen LogP contribution in [0.3, 0.4) is 0 Å². The predicted octanol–water partition coefficient (Wildman–Crippen LogP) is 9.92. The number of ether oxygens (including phenoxy) is 13. The van der Waals surface area contributed by atoms with Gasteiger partial charge in [0, 0.05) is 58.5 Å². The molecule has 111 heavy (non-hydrogen) atoms. The monoisotopic (exact) mass is 1540 g/mol. The Hall–Kier alpha value is -9.81. The summed E-state index contributed by atoms with van der Waals surface area (Å²) < 4.78 is 70.9. The first-order chi connectivity index (χ1) is 53.3. The molecule has 0 atom stereocenters. The summed E-state index contributed by atoms with van der Waals surface area (Å²) in [4.78, 5) is 97.7. The van der Waals surface area contributed by atoms with E-state index in [0.29, 0.717) is 225 Å². The Morgan fingerprint density at radius 2 is 0.721 bits per heavy atom. The van der Waals surface area contributed by atoms with Crippen LogP contribution in [0, 0.1) is 16.2 Å². The Labute approximate surface area is 645 Å². The molecule has 32 heteroatoms. The van der Waals surface area contributed by atoms with Crippen LogP contribution in [0.2, 0.25) is 0 Å². The van der Waals surface area contributed by atoms with Crippen molar-refractivity contribution in [3.8, 4) is 11.5 Å². The topological polar surface area (TPSA) is 395 Å². The molecule has 4 heterocycles. The number of aromatic amines is 3. The molecule has 9 aromatic rings. The number of H-pyrrole nitrogens is 3. The SMILES string of the molecule is CC(C)(C)C(=O)c1ccc2nc(C(=O)Nc3ccc(OCCOCCOCCOCCO)cc3)[nH]c2c1.COCCOCCOCCOCCOc1ccc(NC(=O)c2nc3ccc(C(=O)C(C)(C)C)cc3[nH]2)cc1.COCCOCCOCCOCCn1cc(C(=O)Nc2nc3ccc(C(=O)C(C)(C)C)cc3[nH]2)nn1. The third-order valence-electron chi connectivity index (χ3n) is 15.7. The van der Waals surface area contributed by atoms with Gasteiger partial charge in [0.2, 0.25) is 5.95 Å². The molecular formula is C79H106N12O20. The molecule has 0 bridgehead atoms. The Kier molecular flexibility index (Phi) is 36.7. The first-order valence-corrected chi connectivity index (χ1v) is 36.6. The maximum absolute atomic E-state index is 12.7. The number of aliphatic hydroxyl groups is 1. The minimum absolute atomic E-state index is 0.00655. The van der Waals surface area contributed by atoms with Gasteiger partial charge < -0.3 is 92.3 Å². The average Bonchev–Trinajstić information content (AvgIpc) is 1.70. The fourth-order valence-corrected chi connectivity index (χ4v) is 9.93. The summed E-state index contributed by atoms with van der Waals surface area (Å²) in [6.07, 6.45) is 1.54. The highest BCUT2D eigenvalue weighted by molar-refractivity contribution is 6.07. The molecule has 7 N–H and O–H groups in total. The molecule has 3 amide bonds. The highest BCUT2D eigenvalue weighted by Crippen LogP contribution is 2.28. The number of aliphatic hydroxyl groups excluding tert-OH is 1.